The summed E-state index contributed by atoms with van der Waals surface area (Å²) in [6, 6.07) is 13.8. The molecule has 0 radical (unpaired) electrons. The lowest BCUT2D eigenvalue weighted by atomic mass is 9.82. The zero-order valence-electron chi connectivity index (χ0n) is 14.7. The average molecular weight is 387 g/mol. The number of carbonyl (C=O) groups is 1. The minimum atomic E-state index is -0.509. The Bertz CT molecular complexity index is 843. The van der Waals surface area contributed by atoms with Crippen LogP contribution in [0.25, 0.3) is 6.08 Å². The summed E-state index contributed by atoms with van der Waals surface area (Å²) in [5.41, 5.74) is 1.82. The second-order valence-electron chi connectivity index (χ2n) is 6.85. The van der Waals surface area contributed by atoms with Gasteiger partial charge in [-0.1, -0.05) is 35.9 Å². The molecule has 0 saturated carbocycles. The van der Waals surface area contributed by atoms with Crippen molar-refractivity contribution in [1.29, 1.82) is 0 Å². The van der Waals surface area contributed by atoms with Crippen molar-refractivity contribution in [2.45, 2.75) is 18.9 Å². The number of hydrogen-bond donors (Lipinski definition) is 1. The van der Waals surface area contributed by atoms with Gasteiger partial charge in [-0.3, -0.25) is 5.32 Å². The number of hydrogen-bond acceptors (Lipinski definition) is 3. The highest BCUT2D eigenvalue weighted by molar-refractivity contribution is 6.32. The van der Waals surface area contributed by atoms with E-state index in [2.05, 4.69) is 10.2 Å². The Morgan fingerprint density at radius 3 is 2.59 bits per heavy atom. The van der Waals surface area contributed by atoms with Crippen molar-refractivity contribution in [2.75, 3.05) is 18.4 Å². The summed E-state index contributed by atoms with van der Waals surface area (Å²) in [7, 11) is 0. The van der Waals surface area contributed by atoms with Crippen LogP contribution in [-0.4, -0.2) is 30.2 Å². The van der Waals surface area contributed by atoms with E-state index in [9.17, 15) is 9.18 Å². The summed E-state index contributed by atoms with van der Waals surface area (Å²) >= 11 is 6.19. The molecule has 4 nitrogen and oxygen atoms in total. The van der Waals surface area contributed by atoms with Gasteiger partial charge in [-0.2, -0.15) is 0 Å². The first kappa shape index (κ1) is 17.9. The lowest BCUT2D eigenvalue weighted by Crippen LogP contribution is -2.50. The third-order valence-corrected chi connectivity index (χ3v) is 5.50. The minimum absolute atomic E-state index is 0.230. The number of para-hydroxylation sites is 1. The van der Waals surface area contributed by atoms with E-state index in [1.807, 2.05) is 18.2 Å². The summed E-state index contributed by atoms with van der Waals surface area (Å²) in [5.74, 6) is -0.154. The quantitative estimate of drug-likeness (QED) is 0.791. The maximum absolute atomic E-state index is 14.3. The van der Waals surface area contributed by atoms with Crippen LogP contribution >= 0.6 is 11.6 Å². The number of nitrogens with zero attached hydrogens (tertiary/aromatic N) is 1. The molecule has 1 amide bonds. The van der Waals surface area contributed by atoms with Crippen molar-refractivity contribution in [3.8, 4) is 0 Å². The van der Waals surface area contributed by atoms with Gasteiger partial charge in [0.25, 0.3) is 0 Å². The third-order valence-electron chi connectivity index (χ3n) is 5.17. The Kier molecular flexibility index (Phi) is 5.03. The molecule has 3 heterocycles. The Labute approximate surface area is 162 Å². The number of nitrogens with one attached hydrogen (secondary N) is 1. The predicted octanol–water partition coefficient (Wildman–Crippen LogP) is 5.16. The topological polar surface area (TPSA) is 41.6 Å². The van der Waals surface area contributed by atoms with Crippen LogP contribution in [0.5, 0.6) is 0 Å². The van der Waals surface area contributed by atoms with E-state index in [1.165, 1.54) is 6.07 Å². The smallest absolute Gasteiger partial charge is 0.412 e. The molecule has 3 fully saturated rings. The molecule has 3 aliphatic heterocycles. The van der Waals surface area contributed by atoms with Gasteiger partial charge in [0.05, 0.1) is 10.7 Å². The van der Waals surface area contributed by atoms with Crippen LogP contribution in [0.3, 0.4) is 0 Å². The number of halogens is 2. The summed E-state index contributed by atoms with van der Waals surface area (Å²) in [4.78, 5) is 14.6. The van der Waals surface area contributed by atoms with Gasteiger partial charge in [0, 0.05) is 30.3 Å². The van der Waals surface area contributed by atoms with Gasteiger partial charge in [0.15, 0.2) is 0 Å². The number of amides is 1. The fourth-order valence-electron chi connectivity index (χ4n) is 3.79. The van der Waals surface area contributed by atoms with Crippen LogP contribution in [0.15, 0.2) is 54.2 Å². The zero-order chi connectivity index (χ0) is 18.8. The van der Waals surface area contributed by atoms with Crippen LogP contribution in [0.4, 0.5) is 14.9 Å². The predicted molar refractivity (Wildman–Crippen MR) is 104 cm³/mol. The molecule has 27 heavy (non-hydrogen) atoms. The fraction of sp³-hybridized carbons (Fsp3) is 0.286. The molecule has 0 spiro atoms. The number of ether oxygens (including phenoxy) is 1. The van der Waals surface area contributed by atoms with Gasteiger partial charge in [0.1, 0.15) is 11.9 Å². The SMILES string of the molecule is O=C(Nc1ccccc1)O[C@@H]1/C(=C/c2c(F)cccc2Cl)N2CCC1CC2. The first-order valence-corrected chi connectivity index (χ1v) is 9.43. The summed E-state index contributed by atoms with van der Waals surface area (Å²) < 4.78 is 20.0. The molecule has 140 valence electrons. The van der Waals surface area contributed by atoms with Crippen LogP contribution in [-0.2, 0) is 4.74 Å². The largest absolute Gasteiger partial charge is 0.439 e. The average Bonchev–Trinajstić information content (AvgIpc) is 2.67. The zero-order valence-corrected chi connectivity index (χ0v) is 15.5. The summed E-state index contributed by atoms with van der Waals surface area (Å²) in [5, 5.41) is 3.09. The van der Waals surface area contributed by atoms with Crippen LogP contribution < -0.4 is 5.32 Å². The van der Waals surface area contributed by atoms with Crippen molar-refractivity contribution in [1.82, 2.24) is 4.90 Å². The van der Waals surface area contributed by atoms with Crippen molar-refractivity contribution in [2.24, 2.45) is 5.92 Å². The van der Waals surface area contributed by atoms with Crippen LogP contribution in [0.2, 0.25) is 5.02 Å². The standard InChI is InChI=1S/C21H20ClFN2O2/c22-17-7-4-8-18(23)16(17)13-19-20(14-9-11-25(19)12-10-14)27-21(26)24-15-5-2-1-3-6-15/h1-8,13-14,20H,9-12H2,(H,24,26)/b19-13-/t20-/m0/s1. The third kappa shape index (κ3) is 3.78. The normalized spacial score (nSPS) is 22.7. The molecular formula is C21H20ClFN2O2. The molecule has 6 heteroatoms. The highest BCUT2D eigenvalue weighted by Crippen LogP contribution is 2.38. The van der Waals surface area contributed by atoms with E-state index in [0.717, 1.165) is 31.6 Å². The molecular weight excluding hydrogens is 367 g/mol. The molecule has 5 rings (SSSR count). The van der Waals surface area contributed by atoms with Crippen molar-refractivity contribution >= 4 is 29.5 Å². The van der Waals surface area contributed by atoms with E-state index in [4.69, 9.17) is 16.3 Å². The number of benzene rings is 2. The van der Waals surface area contributed by atoms with Gasteiger partial charge < -0.3 is 9.64 Å². The Hall–Kier alpha value is -2.53. The van der Waals surface area contributed by atoms with Crippen LogP contribution in [0, 0.1) is 11.7 Å². The molecule has 1 N–H and O–H groups in total. The minimum Gasteiger partial charge on any atom is -0.439 e. The highest BCUT2D eigenvalue weighted by atomic mass is 35.5. The highest BCUT2D eigenvalue weighted by Gasteiger charge is 2.40. The van der Waals surface area contributed by atoms with E-state index in [1.54, 1.807) is 30.3 Å². The van der Waals surface area contributed by atoms with Crippen molar-refractivity contribution in [3.05, 3.63) is 70.6 Å². The first-order chi connectivity index (χ1) is 13.1. The summed E-state index contributed by atoms with van der Waals surface area (Å²) in [6.07, 6.45) is 2.71. The molecule has 0 unspecified atom stereocenters. The second-order valence-corrected chi connectivity index (χ2v) is 7.25. The number of piperidine rings is 3. The van der Waals surface area contributed by atoms with Gasteiger partial charge in [0.2, 0.25) is 0 Å². The molecule has 2 aromatic rings. The molecule has 0 aliphatic carbocycles. The van der Waals surface area contributed by atoms with Crippen LogP contribution in [0.1, 0.15) is 18.4 Å². The lowest BCUT2D eigenvalue weighted by Gasteiger charge is -2.47. The van der Waals surface area contributed by atoms with E-state index >= 15 is 0 Å². The van der Waals surface area contributed by atoms with Gasteiger partial charge >= 0.3 is 6.09 Å². The first-order valence-electron chi connectivity index (χ1n) is 9.05. The van der Waals surface area contributed by atoms with Gasteiger partial charge in [-0.25, -0.2) is 9.18 Å². The monoisotopic (exact) mass is 386 g/mol. The summed E-state index contributed by atoms with van der Waals surface area (Å²) in [6.45, 7) is 1.76. The van der Waals surface area contributed by atoms with Gasteiger partial charge in [-0.05, 0) is 43.2 Å². The lowest BCUT2D eigenvalue weighted by molar-refractivity contribution is 0.0103. The van der Waals surface area contributed by atoms with Crippen molar-refractivity contribution < 1.29 is 13.9 Å². The molecule has 1 atom stereocenters. The maximum Gasteiger partial charge on any atom is 0.412 e. The Balaban J connectivity index is 1.59. The second kappa shape index (κ2) is 7.61. The van der Waals surface area contributed by atoms with Crippen molar-refractivity contribution in [3.63, 3.8) is 0 Å². The van der Waals surface area contributed by atoms with E-state index in [0.29, 0.717) is 16.3 Å². The molecule has 2 aromatic carbocycles. The molecule has 3 aliphatic rings. The Morgan fingerprint density at radius 1 is 1.15 bits per heavy atom. The maximum atomic E-state index is 14.3. The molecule has 0 aromatic heterocycles. The number of fused-ring (bicyclic) bond motifs is 3. The van der Waals surface area contributed by atoms with Gasteiger partial charge in [-0.15, -0.1) is 0 Å². The fourth-order valence-corrected chi connectivity index (χ4v) is 4.01. The van der Waals surface area contributed by atoms with E-state index < -0.39 is 12.2 Å². The van der Waals surface area contributed by atoms with E-state index in [-0.39, 0.29) is 11.7 Å². The molecule has 3 saturated heterocycles. The number of carbonyl (C=O) groups excluding carboxylic acids is 1. The molecule has 2 bridgehead atoms. The Morgan fingerprint density at radius 2 is 1.89 bits per heavy atom. The number of anilines is 1. The number of rotatable bonds is 3.